The van der Waals surface area contributed by atoms with Crippen LogP contribution in [0.25, 0.3) is 11.3 Å². The van der Waals surface area contributed by atoms with Crippen LogP contribution >= 0.6 is 11.3 Å². The van der Waals surface area contributed by atoms with Crippen molar-refractivity contribution in [2.75, 3.05) is 37.6 Å². The number of anilines is 1. The zero-order valence-corrected chi connectivity index (χ0v) is 19.0. The standard InChI is InChI=1S/C25H26N4O2S/c1-2-11-27-12-14-28(15-13-27)21-10-6-9-19-23(21)25(31)29(24(19)30)16-22-26-20(17-32-22)18-7-4-3-5-8-18/h3-10,17H,2,11-16H2,1H3. The van der Waals surface area contributed by atoms with E-state index in [0.29, 0.717) is 11.1 Å². The number of benzene rings is 2. The largest absolute Gasteiger partial charge is 0.368 e. The zero-order chi connectivity index (χ0) is 22.1. The van der Waals surface area contributed by atoms with Gasteiger partial charge < -0.3 is 4.90 Å². The summed E-state index contributed by atoms with van der Waals surface area (Å²) in [7, 11) is 0. The minimum absolute atomic E-state index is 0.202. The van der Waals surface area contributed by atoms with Gasteiger partial charge in [-0.2, -0.15) is 0 Å². The molecule has 1 aromatic heterocycles. The smallest absolute Gasteiger partial charge is 0.264 e. The van der Waals surface area contributed by atoms with E-state index in [9.17, 15) is 9.59 Å². The van der Waals surface area contributed by atoms with E-state index >= 15 is 0 Å². The first kappa shape index (κ1) is 20.8. The van der Waals surface area contributed by atoms with Gasteiger partial charge in [0.2, 0.25) is 0 Å². The molecule has 0 unspecified atom stereocenters. The third-order valence-electron chi connectivity index (χ3n) is 6.14. The Labute approximate surface area is 192 Å². The summed E-state index contributed by atoms with van der Waals surface area (Å²) >= 11 is 1.48. The van der Waals surface area contributed by atoms with Crippen LogP contribution in [0.1, 0.15) is 39.1 Å². The van der Waals surface area contributed by atoms with Gasteiger partial charge in [0.1, 0.15) is 5.01 Å². The van der Waals surface area contributed by atoms with Gasteiger partial charge in [0.15, 0.2) is 0 Å². The van der Waals surface area contributed by atoms with Crippen LogP contribution in [-0.4, -0.2) is 59.3 Å². The number of aromatic nitrogens is 1. The fourth-order valence-electron chi connectivity index (χ4n) is 4.51. The summed E-state index contributed by atoms with van der Waals surface area (Å²) in [6, 6.07) is 15.6. The average molecular weight is 447 g/mol. The Morgan fingerprint density at radius 2 is 1.72 bits per heavy atom. The maximum atomic E-state index is 13.4. The van der Waals surface area contributed by atoms with Crippen molar-refractivity contribution in [2.24, 2.45) is 0 Å². The molecule has 0 aliphatic carbocycles. The fraction of sp³-hybridized carbons (Fsp3) is 0.320. The first-order valence-electron chi connectivity index (χ1n) is 11.1. The van der Waals surface area contributed by atoms with Crippen molar-refractivity contribution in [3.05, 3.63) is 70.0 Å². The number of thiazole rings is 1. The van der Waals surface area contributed by atoms with Crippen molar-refractivity contribution >= 4 is 28.8 Å². The number of carbonyl (C=O) groups excluding carboxylic acids is 2. The van der Waals surface area contributed by atoms with Gasteiger partial charge in [-0.15, -0.1) is 11.3 Å². The average Bonchev–Trinajstić information content (AvgIpc) is 3.40. The lowest BCUT2D eigenvalue weighted by Crippen LogP contribution is -2.47. The fourth-order valence-corrected chi connectivity index (χ4v) is 5.30. The molecule has 0 saturated carbocycles. The molecule has 1 saturated heterocycles. The highest BCUT2D eigenvalue weighted by molar-refractivity contribution is 7.10. The second-order valence-corrected chi connectivity index (χ2v) is 9.16. The molecule has 2 aromatic carbocycles. The first-order chi connectivity index (χ1) is 15.7. The molecule has 6 nitrogen and oxygen atoms in total. The van der Waals surface area contributed by atoms with Gasteiger partial charge in [0, 0.05) is 37.1 Å². The Bertz CT molecular complexity index is 1140. The van der Waals surface area contributed by atoms with Gasteiger partial charge in [-0.3, -0.25) is 19.4 Å². The van der Waals surface area contributed by atoms with Gasteiger partial charge in [-0.25, -0.2) is 4.98 Å². The Hall–Kier alpha value is -3.03. The zero-order valence-electron chi connectivity index (χ0n) is 18.2. The molecule has 0 spiro atoms. The van der Waals surface area contributed by atoms with Crippen LogP contribution < -0.4 is 4.90 Å². The van der Waals surface area contributed by atoms with Crippen molar-refractivity contribution in [3.63, 3.8) is 0 Å². The minimum Gasteiger partial charge on any atom is -0.368 e. The predicted octanol–water partition coefficient (Wildman–Crippen LogP) is 4.14. The highest BCUT2D eigenvalue weighted by Gasteiger charge is 2.39. The van der Waals surface area contributed by atoms with Crippen LogP contribution in [-0.2, 0) is 6.54 Å². The lowest BCUT2D eigenvalue weighted by molar-refractivity contribution is 0.0642. The number of rotatable bonds is 6. The highest BCUT2D eigenvalue weighted by Crippen LogP contribution is 2.34. The van der Waals surface area contributed by atoms with Gasteiger partial charge in [-0.1, -0.05) is 43.3 Å². The van der Waals surface area contributed by atoms with Gasteiger partial charge in [0.05, 0.1) is 29.1 Å². The summed E-state index contributed by atoms with van der Waals surface area (Å²) in [5.41, 5.74) is 3.82. The Balaban J connectivity index is 1.36. The van der Waals surface area contributed by atoms with E-state index in [1.54, 1.807) is 6.07 Å². The van der Waals surface area contributed by atoms with Gasteiger partial charge in [0.25, 0.3) is 11.8 Å². The molecular weight excluding hydrogens is 420 g/mol. The molecule has 32 heavy (non-hydrogen) atoms. The molecule has 2 aliphatic heterocycles. The van der Waals surface area contributed by atoms with Crippen LogP contribution in [0, 0.1) is 0 Å². The topological polar surface area (TPSA) is 56.8 Å². The molecule has 7 heteroatoms. The first-order valence-corrected chi connectivity index (χ1v) is 12.0. The normalized spacial score (nSPS) is 16.7. The van der Waals surface area contributed by atoms with Gasteiger partial charge in [-0.05, 0) is 25.1 Å². The monoisotopic (exact) mass is 446 g/mol. The second kappa shape index (κ2) is 8.84. The number of nitrogens with zero attached hydrogens (tertiary/aromatic N) is 4. The maximum absolute atomic E-state index is 13.4. The molecule has 0 radical (unpaired) electrons. The van der Waals surface area contributed by atoms with Gasteiger partial charge >= 0.3 is 0 Å². The molecule has 5 rings (SSSR count). The van der Waals surface area contributed by atoms with Crippen molar-refractivity contribution in [1.82, 2.24) is 14.8 Å². The van der Waals surface area contributed by atoms with Crippen molar-refractivity contribution in [1.29, 1.82) is 0 Å². The lowest BCUT2D eigenvalue weighted by Gasteiger charge is -2.36. The lowest BCUT2D eigenvalue weighted by atomic mass is 10.1. The quantitative estimate of drug-likeness (QED) is 0.533. The van der Waals surface area contributed by atoms with Crippen molar-refractivity contribution < 1.29 is 9.59 Å². The summed E-state index contributed by atoms with van der Waals surface area (Å²) < 4.78 is 0. The number of hydrogen-bond acceptors (Lipinski definition) is 6. The van der Waals surface area contributed by atoms with E-state index < -0.39 is 0 Å². The molecular formula is C25H26N4O2S. The number of carbonyl (C=O) groups is 2. The van der Waals surface area contributed by atoms with Crippen LogP contribution in [0.4, 0.5) is 5.69 Å². The van der Waals surface area contributed by atoms with Crippen LogP contribution in [0.3, 0.4) is 0 Å². The molecule has 3 aromatic rings. The molecule has 2 amide bonds. The SMILES string of the molecule is CCCN1CCN(c2cccc3c2C(=O)N(Cc2nc(-c4ccccc4)cs2)C3=O)CC1. The third-order valence-corrected chi connectivity index (χ3v) is 6.98. The van der Waals surface area contributed by atoms with Crippen LogP contribution in [0.2, 0.25) is 0 Å². The Morgan fingerprint density at radius 1 is 0.938 bits per heavy atom. The minimum atomic E-state index is -0.229. The summed E-state index contributed by atoms with van der Waals surface area (Å²) in [6.07, 6.45) is 1.14. The van der Waals surface area contributed by atoms with E-state index in [0.717, 1.165) is 61.1 Å². The molecule has 1 fully saturated rings. The van der Waals surface area contributed by atoms with Crippen LogP contribution in [0.15, 0.2) is 53.9 Å². The van der Waals surface area contributed by atoms with E-state index in [2.05, 4.69) is 21.7 Å². The van der Waals surface area contributed by atoms with Crippen molar-refractivity contribution in [3.8, 4) is 11.3 Å². The number of imide groups is 1. The number of hydrogen-bond donors (Lipinski definition) is 0. The summed E-state index contributed by atoms with van der Waals surface area (Å²) in [4.78, 5) is 37.2. The Morgan fingerprint density at radius 3 is 2.47 bits per heavy atom. The predicted molar refractivity (Wildman–Crippen MR) is 127 cm³/mol. The maximum Gasteiger partial charge on any atom is 0.264 e. The highest BCUT2D eigenvalue weighted by atomic mass is 32.1. The number of piperazine rings is 1. The van der Waals surface area contributed by atoms with Crippen molar-refractivity contribution in [2.45, 2.75) is 19.9 Å². The number of fused-ring (bicyclic) bond motifs is 1. The molecule has 3 heterocycles. The second-order valence-electron chi connectivity index (χ2n) is 8.22. The summed E-state index contributed by atoms with van der Waals surface area (Å²) in [5.74, 6) is -0.444. The number of amides is 2. The third kappa shape index (κ3) is 3.82. The summed E-state index contributed by atoms with van der Waals surface area (Å²) in [5, 5.41) is 2.73. The van der Waals surface area contributed by atoms with E-state index in [-0.39, 0.29) is 18.4 Å². The van der Waals surface area contributed by atoms with E-state index in [4.69, 9.17) is 0 Å². The van der Waals surface area contributed by atoms with E-state index in [1.165, 1.54) is 16.2 Å². The molecule has 0 N–H and O–H groups in total. The molecule has 2 aliphatic rings. The van der Waals surface area contributed by atoms with Crippen LogP contribution in [0.5, 0.6) is 0 Å². The Kier molecular flexibility index (Phi) is 5.76. The van der Waals surface area contributed by atoms with E-state index in [1.807, 2.05) is 47.8 Å². The molecule has 164 valence electrons. The summed E-state index contributed by atoms with van der Waals surface area (Å²) in [6.45, 7) is 7.18. The molecule has 0 atom stereocenters. The molecule has 0 bridgehead atoms.